The maximum absolute atomic E-state index is 5.74. The molecule has 0 saturated heterocycles. The van der Waals surface area contributed by atoms with Crippen molar-refractivity contribution in [3.63, 3.8) is 0 Å². The molecule has 1 aromatic carbocycles. The van der Waals surface area contributed by atoms with Crippen LogP contribution >= 0.6 is 0 Å². The summed E-state index contributed by atoms with van der Waals surface area (Å²) in [5.74, 6) is 6.72. The third kappa shape index (κ3) is 6.85. The summed E-state index contributed by atoms with van der Waals surface area (Å²) in [5, 5.41) is 0. The minimum absolute atomic E-state index is 0.382. The smallest absolute Gasteiger partial charge is 0.120 e. The summed E-state index contributed by atoms with van der Waals surface area (Å²) in [6, 6.07) is 7.83. The SMILES string of the molecule is CCCCN(C)CCOc1cccc(C#CCN)c1. The number of nitrogens with zero attached hydrogens (tertiary/aromatic N) is 1. The predicted molar refractivity (Wildman–Crippen MR) is 80.3 cm³/mol. The maximum Gasteiger partial charge on any atom is 0.120 e. The topological polar surface area (TPSA) is 38.5 Å². The van der Waals surface area contributed by atoms with Crippen LogP contribution in [0.4, 0.5) is 0 Å². The fourth-order valence-electron chi connectivity index (χ4n) is 1.68. The molecule has 0 heterocycles. The Morgan fingerprint density at radius 3 is 2.89 bits per heavy atom. The number of unbranched alkanes of at least 4 members (excludes halogenated alkanes) is 1. The van der Waals surface area contributed by atoms with Crippen LogP contribution in [-0.4, -0.2) is 38.2 Å². The van der Waals surface area contributed by atoms with Gasteiger partial charge in [-0.05, 0) is 38.2 Å². The molecule has 1 rings (SSSR count). The number of likely N-dealkylation sites (N-methyl/N-ethyl adjacent to an activating group) is 1. The Hall–Kier alpha value is -1.50. The van der Waals surface area contributed by atoms with E-state index in [1.54, 1.807) is 0 Å². The van der Waals surface area contributed by atoms with Gasteiger partial charge in [-0.2, -0.15) is 0 Å². The van der Waals surface area contributed by atoms with E-state index < -0.39 is 0 Å². The first-order valence-corrected chi connectivity index (χ1v) is 6.86. The minimum Gasteiger partial charge on any atom is -0.492 e. The Kier molecular flexibility index (Phi) is 7.72. The van der Waals surface area contributed by atoms with E-state index in [0.29, 0.717) is 13.2 Å². The van der Waals surface area contributed by atoms with Crippen LogP contribution in [0.3, 0.4) is 0 Å². The van der Waals surface area contributed by atoms with Crippen molar-refractivity contribution in [3.8, 4) is 17.6 Å². The molecule has 2 N–H and O–H groups in total. The first-order chi connectivity index (χ1) is 9.26. The average molecular weight is 260 g/mol. The van der Waals surface area contributed by atoms with Gasteiger partial charge in [-0.25, -0.2) is 0 Å². The highest BCUT2D eigenvalue weighted by molar-refractivity contribution is 5.39. The van der Waals surface area contributed by atoms with Gasteiger partial charge < -0.3 is 15.4 Å². The number of ether oxygens (including phenoxy) is 1. The normalized spacial score (nSPS) is 10.1. The molecule has 0 aliphatic rings. The van der Waals surface area contributed by atoms with E-state index in [1.807, 2.05) is 24.3 Å². The molecule has 1 aromatic rings. The zero-order chi connectivity index (χ0) is 13.9. The van der Waals surface area contributed by atoms with Crippen molar-refractivity contribution in [1.29, 1.82) is 0 Å². The second-order valence-corrected chi connectivity index (χ2v) is 4.54. The Morgan fingerprint density at radius 1 is 1.32 bits per heavy atom. The quantitative estimate of drug-likeness (QED) is 0.763. The first-order valence-electron chi connectivity index (χ1n) is 6.86. The molecule has 0 aliphatic heterocycles. The van der Waals surface area contributed by atoms with Crippen LogP contribution in [0, 0.1) is 11.8 Å². The van der Waals surface area contributed by atoms with Crippen molar-refractivity contribution >= 4 is 0 Å². The fourth-order valence-corrected chi connectivity index (χ4v) is 1.68. The fraction of sp³-hybridized carbons (Fsp3) is 0.500. The second-order valence-electron chi connectivity index (χ2n) is 4.54. The Bertz CT molecular complexity index is 420. The van der Waals surface area contributed by atoms with Crippen molar-refractivity contribution in [2.75, 3.05) is 33.3 Å². The van der Waals surface area contributed by atoms with Crippen LogP contribution < -0.4 is 10.5 Å². The van der Waals surface area contributed by atoms with Gasteiger partial charge in [-0.1, -0.05) is 31.3 Å². The summed E-state index contributed by atoms with van der Waals surface area (Å²) in [6.45, 7) is 5.36. The van der Waals surface area contributed by atoms with Gasteiger partial charge in [0.25, 0.3) is 0 Å². The summed E-state index contributed by atoms with van der Waals surface area (Å²) in [5.41, 5.74) is 6.30. The van der Waals surface area contributed by atoms with Gasteiger partial charge >= 0.3 is 0 Å². The summed E-state index contributed by atoms with van der Waals surface area (Å²) < 4.78 is 5.74. The molecule has 0 aliphatic carbocycles. The van der Waals surface area contributed by atoms with E-state index in [1.165, 1.54) is 12.8 Å². The van der Waals surface area contributed by atoms with Crippen LogP contribution in [-0.2, 0) is 0 Å². The standard InChI is InChI=1S/C16H24N2O/c1-3-4-11-18(2)12-13-19-16-9-5-7-15(14-16)8-6-10-17/h5,7,9,14H,3-4,10-13,17H2,1-2H3. The van der Waals surface area contributed by atoms with Gasteiger partial charge in [-0.3, -0.25) is 0 Å². The summed E-state index contributed by atoms with van der Waals surface area (Å²) in [7, 11) is 2.13. The molecule has 0 unspecified atom stereocenters. The molecule has 0 radical (unpaired) electrons. The van der Waals surface area contributed by atoms with Crippen LogP contribution in [0.1, 0.15) is 25.3 Å². The molecule has 0 fully saturated rings. The highest BCUT2D eigenvalue weighted by Gasteiger charge is 1.99. The van der Waals surface area contributed by atoms with Crippen molar-refractivity contribution < 1.29 is 4.74 Å². The lowest BCUT2D eigenvalue weighted by molar-refractivity contribution is 0.235. The minimum atomic E-state index is 0.382. The van der Waals surface area contributed by atoms with E-state index in [0.717, 1.165) is 24.4 Å². The largest absolute Gasteiger partial charge is 0.492 e. The van der Waals surface area contributed by atoms with Crippen molar-refractivity contribution in [1.82, 2.24) is 4.90 Å². The van der Waals surface area contributed by atoms with E-state index in [2.05, 4.69) is 30.7 Å². The zero-order valence-electron chi connectivity index (χ0n) is 12.0. The van der Waals surface area contributed by atoms with E-state index >= 15 is 0 Å². The maximum atomic E-state index is 5.74. The van der Waals surface area contributed by atoms with Crippen molar-refractivity contribution in [2.24, 2.45) is 5.73 Å². The van der Waals surface area contributed by atoms with Crippen LogP contribution in [0.15, 0.2) is 24.3 Å². The molecule has 0 spiro atoms. The number of nitrogens with two attached hydrogens (primary N) is 1. The molecule has 0 bridgehead atoms. The average Bonchev–Trinajstić information content (AvgIpc) is 2.43. The lowest BCUT2D eigenvalue weighted by atomic mass is 10.2. The molecule has 19 heavy (non-hydrogen) atoms. The number of rotatable bonds is 7. The van der Waals surface area contributed by atoms with Gasteiger partial charge in [0.05, 0.1) is 6.54 Å². The van der Waals surface area contributed by atoms with E-state index in [-0.39, 0.29) is 0 Å². The molecule has 0 aromatic heterocycles. The number of benzene rings is 1. The highest BCUT2D eigenvalue weighted by atomic mass is 16.5. The molecule has 0 atom stereocenters. The molecular weight excluding hydrogens is 236 g/mol. The molecule has 0 saturated carbocycles. The summed E-state index contributed by atoms with van der Waals surface area (Å²) in [6.07, 6.45) is 2.47. The van der Waals surface area contributed by atoms with Gasteiger partial charge in [0.15, 0.2) is 0 Å². The highest BCUT2D eigenvalue weighted by Crippen LogP contribution is 2.12. The number of hydrogen-bond donors (Lipinski definition) is 1. The summed E-state index contributed by atoms with van der Waals surface area (Å²) in [4.78, 5) is 2.29. The lowest BCUT2D eigenvalue weighted by Gasteiger charge is -2.16. The molecular formula is C16H24N2O. The van der Waals surface area contributed by atoms with Crippen molar-refractivity contribution in [2.45, 2.75) is 19.8 Å². The third-order valence-electron chi connectivity index (χ3n) is 2.80. The Morgan fingerprint density at radius 2 is 2.16 bits per heavy atom. The predicted octanol–water partition coefficient (Wildman–Crippen LogP) is 2.11. The molecule has 3 nitrogen and oxygen atoms in total. The van der Waals surface area contributed by atoms with Gasteiger partial charge in [0, 0.05) is 12.1 Å². The Balaban J connectivity index is 2.36. The third-order valence-corrected chi connectivity index (χ3v) is 2.80. The van der Waals surface area contributed by atoms with Crippen LogP contribution in [0.25, 0.3) is 0 Å². The van der Waals surface area contributed by atoms with Crippen molar-refractivity contribution in [3.05, 3.63) is 29.8 Å². The number of hydrogen-bond acceptors (Lipinski definition) is 3. The van der Waals surface area contributed by atoms with Gasteiger partial charge in [0.2, 0.25) is 0 Å². The van der Waals surface area contributed by atoms with Gasteiger partial charge in [-0.15, -0.1) is 0 Å². The Labute approximate surface area is 116 Å². The lowest BCUT2D eigenvalue weighted by Crippen LogP contribution is -2.25. The molecule has 104 valence electrons. The zero-order valence-corrected chi connectivity index (χ0v) is 12.0. The molecule has 3 heteroatoms. The summed E-state index contributed by atoms with van der Waals surface area (Å²) >= 11 is 0. The van der Waals surface area contributed by atoms with E-state index in [4.69, 9.17) is 10.5 Å². The van der Waals surface area contributed by atoms with Crippen LogP contribution in [0.5, 0.6) is 5.75 Å². The molecule has 0 amide bonds. The van der Waals surface area contributed by atoms with E-state index in [9.17, 15) is 0 Å². The van der Waals surface area contributed by atoms with Gasteiger partial charge in [0.1, 0.15) is 12.4 Å². The second kappa shape index (κ2) is 9.43. The monoisotopic (exact) mass is 260 g/mol. The first kappa shape index (κ1) is 15.6. The van der Waals surface area contributed by atoms with Crippen LogP contribution in [0.2, 0.25) is 0 Å².